The van der Waals surface area contributed by atoms with Crippen LogP contribution in [0.2, 0.25) is 0 Å². The van der Waals surface area contributed by atoms with E-state index in [1.807, 2.05) is 45.0 Å². The normalized spacial score (nSPS) is 16.2. The summed E-state index contributed by atoms with van der Waals surface area (Å²) in [7, 11) is 0. The lowest BCUT2D eigenvalue weighted by atomic mass is 9.85. The SMILES string of the molecule is CC(C)(C)OC(=O)NC1CCC(C(=O)Nc2cc(OCc3ccc(C#N)cc3)cc(OCc3ccc(C#N)cc3)c2)CC1. The van der Waals surface area contributed by atoms with Gasteiger partial charge in [0.15, 0.2) is 0 Å². The van der Waals surface area contributed by atoms with E-state index in [1.165, 1.54) is 0 Å². The number of benzene rings is 3. The molecule has 0 aromatic heterocycles. The Morgan fingerprint density at radius 1 is 0.791 bits per heavy atom. The number of nitrogens with zero attached hydrogens (tertiary/aromatic N) is 2. The third kappa shape index (κ3) is 9.79. The summed E-state index contributed by atoms with van der Waals surface area (Å²) in [5.74, 6) is 0.741. The van der Waals surface area contributed by atoms with Gasteiger partial charge in [-0.3, -0.25) is 4.79 Å². The average Bonchev–Trinajstić information content (AvgIpc) is 2.99. The Balaban J connectivity index is 1.40. The van der Waals surface area contributed by atoms with Crippen molar-refractivity contribution in [1.29, 1.82) is 10.5 Å². The first-order valence-electron chi connectivity index (χ1n) is 14.3. The summed E-state index contributed by atoms with van der Waals surface area (Å²) in [6, 6.07) is 23.7. The molecule has 222 valence electrons. The summed E-state index contributed by atoms with van der Waals surface area (Å²) in [5, 5.41) is 24.0. The molecule has 1 fully saturated rings. The van der Waals surface area contributed by atoms with Gasteiger partial charge in [0, 0.05) is 35.8 Å². The molecule has 3 aromatic carbocycles. The molecule has 43 heavy (non-hydrogen) atoms. The highest BCUT2D eigenvalue weighted by Gasteiger charge is 2.28. The van der Waals surface area contributed by atoms with Crippen LogP contribution in [0.4, 0.5) is 10.5 Å². The van der Waals surface area contributed by atoms with Crippen LogP contribution in [-0.4, -0.2) is 23.6 Å². The molecule has 0 heterocycles. The Hall–Kier alpha value is -5.02. The fourth-order valence-corrected chi connectivity index (χ4v) is 4.71. The number of amides is 2. The number of hydrogen-bond donors (Lipinski definition) is 2. The monoisotopic (exact) mass is 580 g/mol. The molecule has 0 unspecified atom stereocenters. The van der Waals surface area contributed by atoms with Gasteiger partial charge in [0.1, 0.15) is 30.3 Å². The van der Waals surface area contributed by atoms with Gasteiger partial charge in [-0.1, -0.05) is 24.3 Å². The van der Waals surface area contributed by atoms with Gasteiger partial charge in [-0.25, -0.2) is 4.79 Å². The Kier molecular flexibility index (Phi) is 10.2. The molecule has 4 rings (SSSR count). The number of ether oxygens (including phenoxy) is 3. The number of nitrogens with one attached hydrogen (secondary N) is 2. The fraction of sp³-hybridized carbons (Fsp3) is 0.353. The summed E-state index contributed by atoms with van der Waals surface area (Å²) < 4.78 is 17.4. The number of nitriles is 2. The third-order valence-corrected chi connectivity index (χ3v) is 6.94. The molecule has 1 aliphatic rings. The standard InChI is InChI=1S/C34H36N4O5/c1-34(2,3)43-33(40)38-28-14-12-27(13-15-28)32(39)37-29-16-30(41-21-25-8-4-23(19-35)5-9-25)18-31(17-29)42-22-26-10-6-24(20-36)7-11-26/h4-11,16-18,27-28H,12-15,21-22H2,1-3H3,(H,37,39)(H,38,40). The quantitative estimate of drug-likeness (QED) is 0.291. The first-order chi connectivity index (χ1) is 20.6. The second-order valence-electron chi connectivity index (χ2n) is 11.6. The number of anilines is 1. The maximum atomic E-state index is 13.2. The maximum Gasteiger partial charge on any atom is 0.407 e. The zero-order valence-electron chi connectivity index (χ0n) is 24.7. The second-order valence-corrected chi connectivity index (χ2v) is 11.6. The van der Waals surface area contributed by atoms with Crippen LogP contribution in [0.5, 0.6) is 11.5 Å². The number of alkyl carbamates (subject to hydrolysis) is 1. The zero-order chi connectivity index (χ0) is 30.8. The van der Waals surface area contributed by atoms with Gasteiger partial charge in [-0.2, -0.15) is 10.5 Å². The summed E-state index contributed by atoms with van der Waals surface area (Å²) in [5.41, 5.74) is 2.91. The van der Waals surface area contributed by atoms with Crippen molar-refractivity contribution in [3.8, 4) is 23.6 Å². The highest BCUT2D eigenvalue weighted by Crippen LogP contribution is 2.30. The van der Waals surface area contributed by atoms with Crippen LogP contribution >= 0.6 is 0 Å². The molecule has 0 bridgehead atoms. The predicted octanol–water partition coefficient (Wildman–Crippen LogP) is 6.61. The molecule has 1 aliphatic carbocycles. The fourth-order valence-electron chi connectivity index (χ4n) is 4.71. The summed E-state index contributed by atoms with van der Waals surface area (Å²) in [4.78, 5) is 25.4. The van der Waals surface area contributed by atoms with E-state index >= 15 is 0 Å². The number of rotatable bonds is 9. The van der Waals surface area contributed by atoms with E-state index < -0.39 is 11.7 Å². The van der Waals surface area contributed by atoms with E-state index in [9.17, 15) is 9.59 Å². The second kappa shape index (κ2) is 14.2. The van der Waals surface area contributed by atoms with Crippen LogP contribution in [0.1, 0.15) is 68.7 Å². The number of carbonyl (C=O) groups is 2. The molecule has 0 radical (unpaired) electrons. The van der Waals surface area contributed by atoms with E-state index in [0.717, 1.165) is 11.1 Å². The van der Waals surface area contributed by atoms with Gasteiger partial charge >= 0.3 is 6.09 Å². The van der Waals surface area contributed by atoms with E-state index in [0.29, 0.717) is 54.0 Å². The van der Waals surface area contributed by atoms with Crippen molar-refractivity contribution < 1.29 is 23.8 Å². The Bertz CT molecular complexity index is 1410. The first-order valence-corrected chi connectivity index (χ1v) is 14.3. The van der Waals surface area contributed by atoms with Crippen molar-refractivity contribution in [3.05, 3.63) is 89.0 Å². The topological polar surface area (TPSA) is 133 Å². The van der Waals surface area contributed by atoms with Crippen molar-refractivity contribution in [2.24, 2.45) is 5.92 Å². The number of carbonyl (C=O) groups excluding carboxylic acids is 2. The molecular formula is C34H36N4O5. The van der Waals surface area contributed by atoms with Crippen molar-refractivity contribution in [3.63, 3.8) is 0 Å². The van der Waals surface area contributed by atoms with E-state index in [4.69, 9.17) is 24.7 Å². The lowest BCUT2D eigenvalue weighted by Crippen LogP contribution is -2.42. The minimum absolute atomic E-state index is 0.0277. The maximum absolute atomic E-state index is 13.2. The van der Waals surface area contributed by atoms with E-state index in [2.05, 4.69) is 22.8 Å². The summed E-state index contributed by atoms with van der Waals surface area (Å²) >= 11 is 0. The molecule has 1 saturated carbocycles. The van der Waals surface area contributed by atoms with Gasteiger partial charge in [-0.15, -0.1) is 0 Å². The van der Waals surface area contributed by atoms with Crippen molar-refractivity contribution in [1.82, 2.24) is 5.32 Å². The molecule has 0 aliphatic heterocycles. The molecule has 9 nitrogen and oxygen atoms in total. The van der Waals surface area contributed by atoms with Crippen LogP contribution in [0, 0.1) is 28.6 Å². The molecule has 3 aromatic rings. The molecule has 0 atom stereocenters. The predicted molar refractivity (Wildman–Crippen MR) is 161 cm³/mol. The highest BCUT2D eigenvalue weighted by molar-refractivity contribution is 5.93. The Labute approximate surface area is 252 Å². The molecule has 2 N–H and O–H groups in total. The minimum atomic E-state index is -0.563. The average molecular weight is 581 g/mol. The third-order valence-electron chi connectivity index (χ3n) is 6.94. The van der Waals surface area contributed by atoms with E-state index in [-0.39, 0.29) is 31.1 Å². The van der Waals surface area contributed by atoms with Crippen LogP contribution in [-0.2, 0) is 22.7 Å². The summed E-state index contributed by atoms with van der Waals surface area (Å²) in [6.07, 6.45) is 2.22. The van der Waals surface area contributed by atoms with Gasteiger partial charge in [0.05, 0.1) is 23.3 Å². The molecule has 0 spiro atoms. The Morgan fingerprint density at radius 2 is 1.28 bits per heavy atom. The van der Waals surface area contributed by atoms with Gasteiger partial charge in [0.25, 0.3) is 0 Å². The largest absolute Gasteiger partial charge is 0.489 e. The Morgan fingerprint density at radius 3 is 1.72 bits per heavy atom. The number of hydrogen-bond acceptors (Lipinski definition) is 7. The minimum Gasteiger partial charge on any atom is -0.489 e. The smallest absolute Gasteiger partial charge is 0.407 e. The van der Waals surface area contributed by atoms with Crippen molar-refractivity contribution in [2.75, 3.05) is 5.32 Å². The molecular weight excluding hydrogens is 544 g/mol. The van der Waals surface area contributed by atoms with Gasteiger partial charge in [0.2, 0.25) is 5.91 Å². The van der Waals surface area contributed by atoms with Gasteiger partial charge < -0.3 is 24.8 Å². The van der Waals surface area contributed by atoms with Crippen LogP contribution in [0.25, 0.3) is 0 Å². The summed E-state index contributed by atoms with van der Waals surface area (Å²) in [6.45, 7) is 6.01. The van der Waals surface area contributed by atoms with Crippen LogP contribution in [0.15, 0.2) is 66.7 Å². The van der Waals surface area contributed by atoms with E-state index in [1.54, 1.807) is 42.5 Å². The zero-order valence-corrected chi connectivity index (χ0v) is 24.7. The lowest BCUT2D eigenvalue weighted by molar-refractivity contribution is -0.120. The molecule has 9 heteroatoms. The molecule has 0 saturated heterocycles. The van der Waals surface area contributed by atoms with Crippen molar-refractivity contribution >= 4 is 17.7 Å². The van der Waals surface area contributed by atoms with Crippen molar-refractivity contribution in [2.45, 2.75) is 71.3 Å². The van der Waals surface area contributed by atoms with Crippen LogP contribution in [0.3, 0.4) is 0 Å². The lowest BCUT2D eigenvalue weighted by Gasteiger charge is -2.29. The van der Waals surface area contributed by atoms with Crippen LogP contribution < -0.4 is 20.1 Å². The van der Waals surface area contributed by atoms with Gasteiger partial charge in [-0.05, 0) is 81.8 Å². The highest BCUT2D eigenvalue weighted by atomic mass is 16.6. The molecule has 2 amide bonds. The first kappa shape index (κ1) is 30.9.